The molecule has 8 heteroatoms. The minimum atomic E-state index is -0.205. The third-order valence-electron chi connectivity index (χ3n) is 2.23. The van der Waals surface area contributed by atoms with Crippen LogP contribution in [0.3, 0.4) is 0 Å². The van der Waals surface area contributed by atoms with Gasteiger partial charge < -0.3 is 9.47 Å². The van der Waals surface area contributed by atoms with Crippen molar-refractivity contribution in [1.29, 1.82) is 0 Å². The predicted molar refractivity (Wildman–Crippen MR) is 60.5 cm³/mol. The van der Waals surface area contributed by atoms with E-state index in [0.717, 1.165) is 0 Å². The number of hydrogen-bond donors (Lipinski definition) is 0. The lowest BCUT2D eigenvalue weighted by molar-refractivity contribution is -0.128. The SMILES string of the molecule is O=C1COC(=S)N1CCN1C(=O)COC1=S. The molecule has 2 aliphatic rings. The van der Waals surface area contributed by atoms with Crippen LogP contribution in [0.15, 0.2) is 0 Å². The highest BCUT2D eigenvalue weighted by molar-refractivity contribution is 7.80. The van der Waals surface area contributed by atoms with E-state index in [1.165, 1.54) is 9.80 Å². The largest absolute Gasteiger partial charge is 0.460 e. The highest BCUT2D eigenvalue weighted by Gasteiger charge is 2.31. The van der Waals surface area contributed by atoms with Crippen LogP contribution in [0.2, 0.25) is 0 Å². The summed E-state index contributed by atoms with van der Waals surface area (Å²) >= 11 is 9.66. The Labute approximate surface area is 102 Å². The summed E-state index contributed by atoms with van der Waals surface area (Å²) in [6.45, 7) is 0.473. The van der Waals surface area contributed by atoms with Crippen molar-refractivity contribution in [1.82, 2.24) is 9.80 Å². The first-order chi connectivity index (χ1) is 7.59. The lowest BCUT2D eigenvalue weighted by atomic mass is 10.4. The van der Waals surface area contributed by atoms with Gasteiger partial charge in [0, 0.05) is 13.1 Å². The molecule has 0 N–H and O–H groups in total. The molecule has 0 aromatic heterocycles. The van der Waals surface area contributed by atoms with E-state index in [4.69, 9.17) is 33.9 Å². The number of nitrogens with zero attached hydrogens (tertiary/aromatic N) is 2. The number of hydrogen-bond acceptors (Lipinski definition) is 6. The zero-order chi connectivity index (χ0) is 11.7. The summed E-state index contributed by atoms with van der Waals surface area (Å²) < 4.78 is 9.77. The van der Waals surface area contributed by atoms with Gasteiger partial charge in [0.25, 0.3) is 22.2 Å². The highest BCUT2D eigenvalue weighted by atomic mass is 32.1. The number of ether oxygens (including phenoxy) is 2. The first kappa shape index (κ1) is 11.2. The highest BCUT2D eigenvalue weighted by Crippen LogP contribution is 2.09. The number of amides is 2. The van der Waals surface area contributed by atoms with E-state index in [1.807, 2.05) is 0 Å². The van der Waals surface area contributed by atoms with Gasteiger partial charge in [-0.2, -0.15) is 0 Å². The summed E-state index contributed by atoms with van der Waals surface area (Å²) in [7, 11) is 0. The molecule has 0 atom stereocenters. The average Bonchev–Trinajstić information content (AvgIpc) is 2.72. The summed E-state index contributed by atoms with van der Waals surface area (Å²) in [5.74, 6) is -0.410. The minimum absolute atomic E-state index is 0.0340. The lowest BCUT2D eigenvalue weighted by Gasteiger charge is -2.17. The van der Waals surface area contributed by atoms with Crippen molar-refractivity contribution < 1.29 is 19.1 Å². The Morgan fingerprint density at radius 3 is 1.56 bits per heavy atom. The third kappa shape index (κ3) is 1.98. The van der Waals surface area contributed by atoms with Gasteiger partial charge in [-0.3, -0.25) is 19.4 Å². The summed E-state index contributed by atoms with van der Waals surface area (Å²) in [6.07, 6.45) is 0. The lowest BCUT2D eigenvalue weighted by Crippen LogP contribution is -2.39. The van der Waals surface area contributed by atoms with E-state index in [9.17, 15) is 9.59 Å². The molecule has 0 aromatic rings. The Hall–Kier alpha value is -1.28. The van der Waals surface area contributed by atoms with Gasteiger partial charge in [0.05, 0.1) is 0 Å². The molecule has 2 fully saturated rings. The van der Waals surface area contributed by atoms with Gasteiger partial charge in [-0.15, -0.1) is 0 Å². The minimum Gasteiger partial charge on any atom is -0.460 e. The van der Waals surface area contributed by atoms with Gasteiger partial charge in [0.1, 0.15) is 0 Å². The second-order valence-electron chi connectivity index (χ2n) is 3.20. The maximum Gasteiger partial charge on any atom is 0.268 e. The van der Waals surface area contributed by atoms with Crippen LogP contribution in [0.5, 0.6) is 0 Å². The molecule has 2 saturated heterocycles. The van der Waals surface area contributed by atoms with E-state index in [1.54, 1.807) is 0 Å². The van der Waals surface area contributed by atoms with Crippen LogP contribution in [-0.4, -0.2) is 58.3 Å². The van der Waals surface area contributed by atoms with Crippen molar-refractivity contribution in [3.8, 4) is 0 Å². The normalized spacial score (nSPS) is 20.5. The molecule has 0 saturated carbocycles. The van der Waals surface area contributed by atoms with Crippen LogP contribution in [0, 0.1) is 0 Å². The molecule has 2 amide bonds. The van der Waals surface area contributed by atoms with Gasteiger partial charge in [0.2, 0.25) is 0 Å². The van der Waals surface area contributed by atoms with Gasteiger partial charge in [-0.1, -0.05) is 0 Å². The third-order valence-corrected chi connectivity index (χ3v) is 2.90. The number of carbonyl (C=O) groups excluding carboxylic acids is 2. The molecule has 2 heterocycles. The smallest absolute Gasteiger partial charge is 0.268 e. The zero-order valence-electron chi connectivity index (χ0n) is 8.17. The molecule has 0 aromatic carbocycles. The van der Waals surface area contributed by atoms with E-state index >= 15 is 0 Å². The maximum atomic E-state index is 11.3. The number of rotatable bonds is 3. The molecule has 86 valence electrons. The molecular weight excluding hydrogens is 252 g/mol. The van der Waals surface area contributed by atoms with Gasteiger partial charge in [-0.25, -0.2) is 0 Å². The van der Waals surface area contributed by atoms with Crippen LogP contribution < -0.4 is 0 Å². The molecule has 0 spiro atoms. The van der Waals surface area contributed by atoms with E-state index in [-0.39, 0.29) is 48.5 Å². The van der Waals surface area contributed by atoms with Crippen molar-refractivity contribution in [3.05, 3.63) is 0 Å². The van der Waals surface area contributed by atoms with Crippen molar-refractivity contribution in [2.45, 2.75) is 0 Å². The van der Waals surface area contributed by atoms with E-state index in [0.29, 0.717) is 0 Å². The second kappa shape index (κ2) is 4.30. The fourth-order valence-corrected chi connectivity index (χ4v) is 1.90. The molecular formula is C8H8N2O4S2. The molecule has 0 bridgehead atoms. The molecule has 0 aliphatic carbocycles. The van der Waals surface area contributed by atoms with Crippen molar-refractivity contribution in [2.75, 3.05) is 26.3 Å². The first-order valence-electron chi connectivity index (χ1n) is 4.54. The topological polar surface area (TPSA) is 59.1 Å². The Balaban J connectivity index is 1.92. The molecule has 16 heavy (non-hydrogen) atoms. The van der Waals surface area contributed by atoms with Crippen LogP contribution >= 0.6 is 24.4 Å². The van der Waals surface area contributed by atoms with Crippen molar-refractivity contribution >= 4 is 46.6 Å². The summed E-state index contributed by atoms with van der Waals surface area (Å²) in [4.78, 5) is 25.2. The Morgan fingerprint density at radius 1 is 0.938 bits per heavy atom. The molecule has 0 radical (unpaired) electrons. The van der Waals surface area contributed by atoms with Gasteiger partial charge in [-0.05, 0) is 24.4 Å². The van der Waals surface area contributed by atoms with Crippen LogP contribution in [-0.2, 0) is 19.1 Å². The molecule has 0 unspecified atom stereocenters. The van der Waals surface area contributed by atoms with Crippen molar-refractivity contribution in [3.63, 3.8) is 0 Å². The van der Waals surface area contributed by atoms with Crippen molar-refractivity contribution in [2.24, 2.45) is 0 Å². The second-order valence-corrected chi connectivity index (χ2v) is 3.90. The quantitative estimate of drug-likeness (QED) is 0.624. The summed E-state index contributed by atoms with van der Waals surface area (Å²) in [5, 5.41) is 0.284. The summed E-state index contributed by atoms with van der Waals surface area (Å²) in [5.41, 5.74) is 0. The van der Waals surface area contributed by atoms with Crippen LogP contribution in [0.25, 0.3) is 0 Å². The summed E-state index contributed by atoms with van der Waals surface area (Å²) in [6, 6.07) is 0. The Kier molecular flexibility index (Phi) is 3.01. The number of carbonyl (C=O) groups is 2. The predicted octanol–water partition coefficient (Wildman–Crippen LogP) is -0.726. The molecule has 2 rings (SSSR count). The monoisotopic (exact) mass is 260 g/mol. The Morgan fingerprint density at radius 2 is 1.31 bits per heavy atom. The Bertz CT molecular complexity index is 316. The van der Waals surface area contributed by atoms with Crippen LogP contribution in [0.4, 0.5) is 0 Å². The maximum absolute atomic E-state index is 11.3. The first-order valence-corrected chi connectivity index (χ1v) is 5.35. The fourth-order valence-electron chi connectivity index (χ4n) is 1.39. The van der Waals surface area contributed by atoms with Crippen LogP contribution in [0.1, 0.15) is 0 Å². The standard InChI is InChI=1S/C8H8N2O4S2/c11-5-3-13-7(15)9(5)1-2-10-6(12)4-14-8(10)16/h1-4H2. The van der Waals surface area contributed by atoms with Gasteiger partial charge >= 0.3 is 0 Å². The number of thiocarbonyl (C=S) groups is 2. The molecule has 6 nitrogen and oxygen atoms in total. The van der Waals surface area contributed by atoms with E-state index in [2.05, 4.69) is 0 Å². The fraction of sp³-hybridized carbons (Fsp3) is 0.500. The van der Waals surface area contributed by atoms with E-state index < -0.39 is 0 Å². The zero-order valence-corrected chi connectivity index (χ0v) is 9.81. The average molecular weight is 260 g/mol. The van der Waals surface area contributed by atoms with Gasteiger partial charge in [0.15, 0.2) is 13.2 Å². The molecule has 2 aliphatic heterocycles.